The van der Waals surface area contributed by atoms with Crippen molar-refractivity contribution < 1.29 is 9.53 Å². The Kier molecular flexibility index (Phi) is 6.49. The van der Waals surface area contributed by atoms with E-state index < -0.39 is 0 Å². The largest absolute Gasteiger partial charge is 0.487 e. The number of hydrogen-bond donors (Lipinski definition) is 1. The second kappa shape index (κ2) is 9.63. The molecule has 4 rings (SSSR count). The number of rotatable bonds is 7. The molecule has 2 aromatic carbocycles. The van der Waals surface area contributed by atoms with E-state index in [0.29, 0.717) is 24.6 Å². The van der Waals surface area contributed by atoms with Gasteiger partial charge in [-0.15, -0.1) is 11.3 Å². The Labute approximate surface area is 181 Å². The molecule has 0 saturated carbocycles. The minimum atomic E-state index is -0.150. The zero-order chi connectivity index (χ0) is 20.8. The summed E-state index contributed by atoms with van der Waals surface area (Å²) in [4.78, 5) is 21.1. The van der Waals surface area contributed by atoms with Crippen molar-refractivity contribution in [3.8, 4) is 5.75 Å². The second-order valence-electron chi connectivity index (χ2n) is 7.41. The third-order valence-corrected chi connectivity index (χ3v) is 5.78. The van der Waals surface area contributed by atoms with E-state index in [4.69, 9.17) is 4.74 Å². The van der Waals surface area contributed by atoms with E-state index in [1.165, 1.54) is 18.5 Å². The fourth-order valence-electron chi connectivity index (χ4n) is 3.59. The molecule has 6 nitrogen and oxygen atoms in total. The molecule has 156 valence electrons. The van der Waals surface area contributed by atoms with E-state index in [-0.39, 0.29) is 6.03 Å². The first-order valence-electron chi connectivity index (χ1n) is 10.1. The number of carbonyl (C=O) groups excluding carboxylic acids is 1. The van der Waals surface area contributed by atoms with Crippen molar-refractivity contribution in [1.82, 2.24) is 9.88 Å². The molecular weight excluding hydrogens is 396 g/mol. The molecule has 7 heteroatoms. The molecule has 1 saturated heterocycles. The highest BCUT2D eigenvalue weighted by Gasteiger charge is 2.17. The summed E-state index contributed by atoms with van der Waals surface area (Å²) in [5.74, 6) is 0.697. The SMILES string of the molecule is CN(Cc1ccccc1N1CCCC1)C(=O)Nc1cccc(OCc2cscn2)c1. The molecule has 1 aliphatic rings. The number of amides is 2. The van der Waals surface area contributed by atoms with Gasteiger partial charge >= 0.3 is 6.03 Å². The fourth-order valence-corrected chi connectivity index (χ4v) is 4.13. The van der Waals surface area contributed by atoms with Crippen molar-refractivity contribution in [2.24, 2.45) is 0 Å². The molecule has 0 spiro atoms. The standard InChI is InChI=1S/C23H26N4O2S/c1-26(14-18-7-2-3-10-22(18)27-11-4-5-12-27)23(28)25-19-8-6-9-21(13-19)29-15-20-16-30-17-24-20/h2-3,6-10,13,16-17H,4-5,11-12,14-15H2,1H3,(H,25,28). The van der Waals surface area contributed by atoms with E-state index in [0.717, 1.165) is 24.3 Å². The number of hydrogen-bond acceptors (Lipinski definition) is 5. The Balaban J connectivity index is 1.36. The van der Waals surface area contributed by atoms with Gasteiger partial charge in [0, 0.05) is 49.5 Å². The van der Waals surface area contributed by atoms with E-state index in [1.807, 2.05) is 42.8 Å². The van der Waals surface area contributed by atoms with Crippen LogP contribution in [-0.2, 0) is 13.2 Å². The van der Waals surface area contributed by atoms with Crippen LogP contribution in [0, 0.1) is 0 Å². The minimum absolute atomic E-state index is 0.150. The van der Waals surface area contributed by atoms with Crippen molar-refractivity contribution in [2.75, 3.05) is 30.4 Å². The first kappa shape index (κ1) is 20.2. The van der Waals surface area contributed by atoms with Crippen LogP contribution in [0.1, 0.15) is 24.1 Å². The fraction of sp³-hybridized carbons (Fsp3) is 0.304. The lowest BCUT2D eigenvalue weighted by atomic mass is 10.1. The van der Waals surface area contributed by atoms with Gasteiger partial charge < -0.3 is 19.9 Å². The number of nitrogens with one attached hydrogen (secondary N) is 1. The van der Waals surface area contributed by atoms with Crippen molar-refractivity contribution in [3.05, 3.63) is 70.7 Å². The first-order valence-corrected chi connectivity index (χ1v) is 11.1. The summed E-state index contributed by atoms with van der Waals surface area (Å²) >= 11 is 1.54. The highest BCUT2D eigenvalue weighted by atomic mass is 32.1. The van der Waals surface area contributed by atoms with Gasteiger partial charge in [0.15, 0.2) is 0 Å². The van der Waals surface area contributed by atoms with Crippen LogP contribution >= 0.6 is 11.3 Å². The van der Waals surface area contributed by atoms with E-state index in [9.17, 15) is 4.79 Å². The first-order chi connectivity index (χ1) is 14.7. The van der Waals surface area contributed by atoms with Crippen LogP contribution in [0.5, 0.6) is 5.75 Å². The van der Waals surface area contributed by atoms with Gasteiger partial charge in [-0.05, 0) is 36.6 Å². The quantitative estimate of drug-likeness (QED) is 0.583. The lowest BCUT2D eigenvalue weighted by molar-refractivity contribution is 0.220. The molecule has 2 amide bonds. The normalized spacial score (nSPS) is 13.3. The third kappa shape index (κ3) is 5.10. The van der Waals surface area contributed by atoms with Crippen LogP contribution in [0.25, 0.3) is 0 Å². The molecule has 0 bridgehead atoms. The third-order valence-electron chi connectivity index (χ3n) is 5.15. The molecule has 1 aromatic heterocycles. The maximum atomic E-state index is 12.8. The topological polar surface area (TPSA) is 57.7 Å². The number of urea groups is 1. The number of aromatic nitrogens is 1. The molecule has 2 heterocycles. The number of benzene rings is 2. The highest BCUT2D eigenvalue weighted by Crippen LogP contribution is 2.26. The molecular formula is C23H26N4O2S. The van der Waals surface area contributed by atoms with Gasteiger partial charge in [0.2, 0.25) is 0 Å². The highest BCUT2D eigenvalue weighted by molar-refractivity contribution is 7.07. The molecule has 0 radical (unpaired) electrons. The number of nitrogens with zero attached hydrogens (tertiary/aromatic N) is 3. The number of carbonyl (C=O) groups is 1. The summed E-state index contributed by atoms with van der Waals surface area (Å²) in [6, 6.07) is 15.6. The molecule has 0 unspecified atom stereocenters. The van der Waals surface area contributed by atoms with Gasteiger partial charge in [-0.1, -0.05) is 24.3 Å². The van der Waals surface area contributed by atoms with Crippen LogP contribution < -0.4 is 15.0 Å². The molecule has 3 aromatic rings. The number of ether oxygens (including phenoxy) is 1. The average molecular weight is 423 g/mol. The van der Waals surface area contributed by atoms with Gasteiger partial charge in [-0.25, -0.2) is 9.78 Å². The summed E-state index contributed by atoms with van der Waals surface area (Å²) in [5.41, 5.74) is 5.78. The Morgan fingerprint density at radius 3 is 2.83 bits per heavy atom. The second-order valence-corrected chi connectivity index (χ2v) is 8.12. The zero-order valence-electron chi connectivity index (χ0n) is 17.1. The lowest BCUT2D eigenvalue weighted by Gasteiger charge is -2.24. The number of anilines is 2. The predicted molar refractivity (Wildman–Crippen MR) is 121 cm³/mol. The maximum Gasteiger partial charge on any atom is 0.321 e. The van der Waals surface area contributed by atoms with Crippen molar-refractivity contribution in [3.63, 3.8) is 0 Å². The van der Waals surface area contributed by atoms with Crippen LogP contribution in [0.2, 0.25) is 0 Å². The van der Waals surface area contributed by atoms with Gasteiger partial charge in [-0.2, -0.15) is 0 Å². The summed E-state index contributed by atoms with van der Waals surface area (Å²) < 4.78 is 5.78. The summed E-state index contributed by atoms with van der Waals surface area (Å²) in [6.45, 7) is 3.13. The number of para-hydroxylation sites is 1. The van der Waals surface area contributed by atoms with Crippen molar-refractivity contribution in [1.29, 1.82) is 0 Å². The summed E-state index contributed by atoms with van der Waals surface area (Å²) in [7, 11) is 1.82. The average Bonchev–Trinajstić information content (AvgIpc) is 3.47. The smallest absolute Gasteiger partial charge is 0.321 e. The van der Waals surface area contributed by atoms with Gasteiger partial charge in [-0.3, -0.25) is 0 Å². The van der Waals surface area contributed by atoms with E-state index in [2.05, 4.69) is 33.4 Å². The Morgan fingerprint density at radius 1 is 1.20 bits per heavy atom. The molecule has 1 fully saturated rings. The van der Waals surface area contributed by atoms with Crippen LogP contribution in [-0.4, -0.2) is 36.1 Å². The Bertz CT molecular complexity index is 971. The monoisotopic (exact) mass is 422 g/mol. The molecule has 1 N–H and O–H groups in total. The summed E-state index contributed by atoms with van der Waals surface area (Å²) in [5, 5.41) is 4.92. The van der Waals surface area contributed by atoms with Crippen molar-refractivity contribution in [2.45, 2.75) is 26.0 Å². The van der Waals surface area contributed by atoms with Crippen LogP contribution in [0.4, 0.5) is 16.2 Å². The van der Waals surface area contributed by atoms with Gasteiger partial charge in [0.05, 0.1) is 11.2 Å². The van der Waals surface area contributed by atoms with Crippen LogP contribution in [0.15, 0.2) is 59.4 Å². The Morgan fingerprint density at radius 2 is 2.03 bits per heavy atom. The van der Waals surface area contributed by atoms with E-state index in [1.54, 1.807) is 21.7 Å². The van der Waals surface area contributed by atoms with Crippen LogP contribution in [0.3, 0.4) is 0 Å². The molecule has 30 heavy (non-hydrogen) atoms. The lowest BCUT2D eigenvalue weighted by Crippen LogP contribution is -2.31. The van der Waals surface area contributed by atoms with Gasteiger partial charge in [0.1, 0.15) is 12.4 Å². The maximum absolute atomic E-state index is 12.8. The van der Waals surface area contributed by atoms with Gasteiger partial charge in [0.25, 0.3) is 0 Å². The zero-order valence-corrected chi connectivity index (χ0v) is 17.9. The van der Waals surface area contributed by atoms with Crippen molar-refractivity contribution >= 4 is 28.7 Å². The predicted octanol–water partition coefficient (Wildman–Crippen LogP) is 4.99. The Hall–Kier alpha value is -3.06. The molecule has 1 aliphatic heterocycles. The van der Waals surface area contributed by atoms with E-state index >= 15 is 0 Å². The molecule has 0 aliphatic carbocycles. The minimum Gasteiger partial charge on any atom is -0.487 e. The molecule has 0 atom stereocenters. The summed E-state index contributed by atoms with van der Waals surface area (Å²) in [6.07, 6.45) is 2.46. The number of thiazole rings is 1.